The highest BCUT2D eigenvalue weighted by Crippen LogP contribution is 2.33. The molecule has 0 radical (unpaired) electrons. The Kier molecular flexibility index (Phi) is 3.36. The van der Waals surface area contributed by atoms with Gasteiger partial charge in [-0.25, -0.2) is 4.79 Å². The molecule has 0 heterocycles. The average Bonchev–Trinajstić information content (AvgIpc) is 2.33. The summed E-state index contributed by atoms with van der Waals surface area (Å²) in [5.74, 6) is -0.183. The fourth-order valence-corrected chi connectivity index (χ4v) is 2.31. The Morgan fingerprint density at radius 1 is 1.18 bits per heavy atom. The van der Waals surface area contributed by atoms with Gasteiger partial charge in [0.15, 0.2) is 0 Å². The Morgan fingerprint density at radius 2 is 1.76 bits per heavy atom. The average molecular weight is 234 g/mol. The molecular formula is C14H18O3. The van der Waals surface area contributed by atoms with Crippen molar-refractivity contribution >= 4 is 5.97 Å². The van der Waals surface area contributed by atoms with Crippen molar-refractivity contribution in [1.82, 2.24) is 0 Å². The van der Waals surface area contributed by atoms with E-state index in [1.165, 1.54) is 0 Å². The molecule has 1 saturated carbocycles. The number of carboxylic acid groups (broad SMARTS) is 1. The summed E-state index contributed by atoms with van der Waals surface area (Å²) in [6.07, 6.45) is 4.18. The Morgan fingerprint density at radius 3 is 2.29 bits per heavy atom. The molecule has 0 aliphatic heterocycles. The minimum absolute atomic E-state index is 0.607. The van der Waals surface area contributed by atoms with E-state index < -0.39 is 11.6 Å². The lowest BCUT2D eigenvalue weighted by Crippen LogP contribution is -2.46. The van der Waals surface area contributed by atoms with Crippen LogP contribution in [0.15, 0.2) is 24.3 Å². The predicted molar refractivity (Wildman–Crippen MR) is 65.3 cm³/mol. The quantitative estimate of drug-likeness (QED) is 0.873. The van der Waals surface area contributed by atoms with Gasteiger partial charge in [0.05, 0.1) is 0 Å². The largest absolute Gasteiger partial charge is 0.478 e. The third kappa shape index (κ3) is 2.60. The van der Waals surface area contributed by atoms with Crippen molar-refractivity contribution in [3.63, 3.8) is 0 Å². The van der Waals surface area contributed by atoms with E-state index in [0.717, 1.165) is 24.8 Å². The summed E-state index contributed by atoms with van der Waals surface area (Å²) in [6, 6.07) is 7.56. The predicted octanol–water partition coefficient (Wildman–Crippen LogP) is 3.16. The van der Waals surface area contributed by atoms with E-state index in [0.29, 0.717) is 18.6 Å². The minimum Gasteiger partial charge on any atom is -0.478 e. The molecule has 0 saturated heterocycles. The molecule has 0 unspecified atom stereocenters. The van der Waals surface area contributed by atoms with E-state index in [9.17, 15) is 9.90 Å². The molecule has 0 amide bonds. The maximum atomic E-state index is 11.4. The molecule has 0 aromatic heterocycles. The second kappa shape index (κ2) is 4.78. The number of ether oxygens (including phenoxy) is 1. The summed E-state index contributed by atoms with van der Waals surface area (Å²) in [4.78, 5) is 11.4. The molecule has 17 heavy (non-hydrogen) atoms. The molecule has 0 spiro atoms. The first-order chi connectivity index (χ1) is 8.12. The summed E-state index contributed by atoms with van der Waals surface area (Å²) in [7, 11) is 0. The maximum absolute atomic E-state index is 11.4. The Labute approximate surface area is 101 Å². The van der Waals surface area contributed by atoms with Crippen LogP contribution in [0.4, 0.5) is 0 Å². The van der Waals surface area contributed by atoms with Gasteiger partial charge >= 0.3 is 5.97 Å². The van der Waals surface area contributed by atoms with Gasteiger partial charge in [0.1, 0.15) is 5.75 Å². The molecule has 1 aliphatic rings. The van der Waals surface area contributed by atoms with Crippen molar-refractivity contribution in [3.8, 4) is 5.75 Å². The molecule has 1 aromatic rings. The van der Waals surface area contributed by atoms with Crippen LogP contribution in [-0.2, 0) is 4.79 Å². The fourth-order valence-electron chi connectivity index (χ4n) is 2.31. The van der Waals surface area contributed by atoms with Crippen LogP contribution in [0.1, 0.15) is 37.7 Å². The first kappa shape index (κ1) is 12.0. The van der Waals surface area contributed by atoms with Crippen molar-refractivity contribution in [2.75, 3.05) is 0 Å². The third-order valence-corrected chi connectivity index (χ3v) is 3.39. The first-order valence-electron chi connectivity index (χ1n) is 6.11. The lowest BCUT2D eigenvalue weighted by molar-refractivity contribution is -0.158. The summed E-state index contributed by atoms with van der Waals surface area (Å²) >= 11 is 0. The van der Waals surface area contributed by atoms with Crippen molar-refractivity contribution in [1.29, 1.82) is 0 Å². The van der Waals surface area contributed by atoms with Crippen molar-refractivity contribution in [2.45, 2.75) is 44.6 Å². The Bertz CT molecular complexity index is 388. The van der Waals surface area contributed by atoms with E-state index in [2.05, 4.69) is 0 Å². The molecular weight excluding hydrogens is 216 g/mol. The number of rotatable bonds is 3. The van der Waals surface area contributed by atoms with Crippen LogP contribution in [0.3, 0.4) is 0 Å². The number of aryl methyl sites for hydroxylation is 1. The van der Waals surface area contributed by atoms with E-state index in [1.54, 1.807) is 0 Å². The van der Waals surface area contributed by atoms with Gasteiger partial charge in [-0.15, -0.1) is 0 Å². The summed E-state index contributed by atoms with van der Waals surface area (Å²) in [5.41, 5.74) is 0.137. The van der Waals surface area contributed by atoms with E-state index >= 15 is 0 Å². The molecule has 0 atom stereocenters. The highest BCUT2D eigenvalue weighted by Gasteiger charge is 2.42. The maximum Gasteiger partial charge on any atom is 0.348 e. The third-order valence-electron chi connectivity index (χ3n) is 3.39. The van der Waals surface area contributed by atoms with E-state index in [1.807, 2.05) is 31.2 Å². The van der Waals surface area contributed by atoms with Gasteiger partial charge in [0.25, 0.3) is 0 Å². The van der Waals surface area contributed by atoms with Gasteiger partial charge in [-0.2, -0.15) is 0 Å². The summed E-state index contributed by atoms with van der Waals surface area (Å²) < 4.78 is 5.76. The summed E-state index contributed by atoms with van der Waals surface area (Å²) in [5, 5.41) is 9.38. The normalized spacial score (nSPS) is 18.6. The zero-order valence-corrected chi connectivity index (χ0v) is 10.1. The van der Waals surface area contributed by atoms with Gasteiger partial charge in [-0.1, -0.05) is 24.1 Å². The standard InChI is InChI=1S/C14H18O3/c1-11-5-7-12(8-6-11)17-14(13(15)16)9-3-2-4-10-14/h5-8H,2-4,9-10H2,1H3,(H,15,16). The number of aliphatic carboxylic acids is 1. The highest BCUT2D eigenvalue weighted by molar-refractivity contribution is 5.78. The number of carbonyl (C=O) groups is 1. The van der Waals surface area contributed by atoms with Gasteiger partial charge in [0, 0.05) is 0 Å². The van der Waals surface area contributed by atoms with E-state index in [-0.39, 0.29) is 0 Å². The first-order valence-corrected chi connectivity index (χ1v) is 6.11. The molecule has 3 nitrogen and oxygen atoms in total. The minimum atomic E-state index is -1.01. The van der Waals surface area contributed by atoms with Crippen LogP contribution in [0.5, 0.6) is 5.75 Å². The molecule has 0 bridgehead atoms. The SMILES string of the molecule is Cc1ccc(OC2(C(=O)O)CCCCC2)cc1. The van der Waals surface area contributed by atoms with Crippen LogP contribution in [0, 0.1) is 6.92 Å². The number of hydrogen-bond acceptors (Lipinski definition) is 2. The molecule has 1 aliphatic carbocycles. The van der Waals surface area contributed by atoms with Crippen molar-refractivity contribution in [2.24, 2.45) is 0 Å². The molecule has 92 valence electrons. The zero-order chi connectivity index (χ0) is 12.3. The fraction of sp³-hybridized carbons (Fsp3) is 0.500. The number of hydrogen-bond donors (Lipinski definition) is 1. The Balaban J connectivity index is 2.17. The highest BCUT2D eigenvalue weighted by atomic mass is 16.5. The van der Waals surface area contributed by atoms with Crippen LogP contribution >= 0.6 is 0 Å². The van der Waals surface area contributed by atoms with Crippen LogP contribution in [0.2, 0.25) is 0 Å². The van der Waals surface area contributed by atoms with Crippen molar-refractivity contribution < 1.29 is 14.6 Å². The second-order valence-corrected chi connectivity index (χ2v) is 4.78. The van der Waals surface area contributed by atoms with Crippen molar-refractivity contribution in [3.05, 3.63) is 29.8 Å². The molecule has 1 fully saturated rings. The molecule has 3 heteroatoms. The number of benzene rings is 1. The smallest absolute Gasteiger partial charge is 0.348 e. The van der Waals surface area contributed by atoms with Gasteiger partial charge in [0.2, 0.25) is 5.60 Å². The van der Waals surface area contributed by atoms with Crippen LogP contribution < -0.4 is 4.74 Å². The summed E-state index contributed by atoms with van der Waals surface area (Å²) in [6.45, 7) is 2.00. The lowest BCUT2D eigenvalue weighted by atomic mass is 9.84. The monoisotopic (exact) mass is 234 g/mol. The molecule has 1 aromatic carbocycles. The molecule has 2 rings (SSSR count). The zero-order valence-electron chi connectivity index (χ0n) is 10.1. The number of carboxylic acids is 1. The van der Waals surface area contributed by atoms with Gasteiger partial charge < -0.3 is 9.84 Å². The second-order valence-electron chi connectivity index (χ2n) is 4.78. The lowest BCUT2D eigenvalue weighted by Gasteiger charge is -2.33. The van der Waals surface area contributed by atoms with Gasteiger partial charge in [-0.05, 0) is 44.7 Å². The van der Waals surface area contributed by atoms with Gasteiger partial charge in [-0.3, -0.25) is 0 Å². The van der Waals surface area contributed by atoms with Crippen LogP contribution in [-0.4, -0.2) is 16.7 Å². The Hall–Kier alpha value is -1.51. The van der Waals surface area contributed by atoms with E-state index in [4.69, 9.17) is 4.74 Å². The molecule has 1 N–H and O–H groups in total. The topological polar surface area (TPSA) is 46.5 Å². The van der Waals surface area contributed by atoms with Crippen LogP contribution in [0.25, 0.3) is 0 Å².